The minimum atomic E-state index is -0.224. The topological polar surface area (TPSA) is 58.6 Å². The molecule has 122 valence electrons. The van der Waals surface area contributed by atoms with Crippen LogP contribution in [0.25, 0.3) is 0 Å². The lowest BCUT2D eigenvalue weighted by atomic mass is 10.1. The molecule has 3 aromatic rings. The summed E-state index contributed by atoms with van der Waals surface area (Å²) < 4.78 is 0. The van der Waals surface area contributed by atoms with Gasteiger partial charge >= 0.3 is 0 Å². The Morgan fingerprint density at radius 3 is 2.04 bits per heavy atom. The standard InChI is InChI=1S/C17H13Cl2N3OS/c18-13-5-1-11(2-6-13)9-15-16(23)20-17(22-21-15)24-10-12-3-7-14(19)8-4-12/h1-8H,9-10H2,(H,20,22,23). The quantitative estimate of drug-likeness (QED) is 0.671. The molecule has 0 unspecified atom stereocenters. The molecule has 0 aliphatic carbocycles. The van der Waals surface area contributed by atoms with Crippen molar-refractivity contribution >= 4 is 35.0 Å². The number of nitrogens with zero attached hydrogens (tertiary/aromatic N) is 2. The second kappa shape index (κ2) is 7.83. The van der Waals surface area contributed by atoms with E-state index < -0.39 is 0 Å². The molecule has 7 heteroatoms. The minimum Gasteiger partial charge on any atom is -0.298 e. The van der Waals surface area contributed by atoms with Crippen LogP contribution >= 0.6 is 35.0 Å². The van der Waals surface area contributed by atoms with Crippen LogP contribution in [0.1, 0.15) is 16.8 Å². The van der Waals surface area contributed by atoms with Crippen LogP contribution in [0, 0.1) is 0 Å². The Kier molecular flexibility index (Phi) is 5.56. The van der Waals surface area contributed by atoms with Crippen molar-refractivity contribution < 1.29 is 0 Å². The molecule has 0 aliphatic rings. The van der Waals surface area contributed by atoms with Crippen molar-refractivity contribution in [1.82, 2.24) is 15.2 Å². The van der Waals surface area contributed by atoms with Crippen LogP contribution in [-0.4, -0.2) is 15.2 Å². The van der Waals surface area contributed by atoms with Gasteiger partial charge in [-0.15, -0.1) is 10.2 Å². The van der Waals surface area contributed by atoms with E-state index >= 15 is 0 Å². The number of nitrogens with one attached hydrogen (secondary N) is 1. The fourth-order valence-corrected chi connectivity index (χ4v) is 3.07. The zero-order valence-electron chi connectivity index (χ0n) is 12.5. The SMILES string of the molecule is O=c1[nH]c(SCc2ccc(Cl)cc2)nnc1Cc1ccc(Cl)cc1. The first-order chi connectivity index (χ1) is 11.6. The van der Waals surface area contributed by atoms with E-state index in [1.54, 1.807) is 12.1 Å². The highest BCUT2D eigenvalue weighted by molar-refractivity contribution is 7.98. The Hall–Kier alpha value is -1.82. The smallest absolute Gasteiger partial charge is 0.273 e. The number of thioether (sulfide) groups is 1. The number of H-pyrrole nitrogens is 1. The number of benzene rings is 2. The fourth-order valence-electron chi connectivity index (χ4n) is 2.05. The van der Waals surface area contributed by atoms with Gasteiger partial charge in [0.15, 0.2) is 5.16 Å². The first kappa shape index (κ1) is 17.0. The van der Waals surface area contributed by atoms with Gasteiger partial charge in [0.1, 0.15) is 5.69 Å². The number of hydrogen-bond acceptors (Lipinski definition) is 4. The minimum absolute atomic E-state index is 0.224. The summed E-state index contributed by atoms with van der Waals surface area (Å²) in [5, 5.41) is 10.00. The number of aromatic amines is 1. The number of halogens is 2. The molecule has 1 heterocycles. The van der Waals surface area contributed by atoms with Gasteiger partial charge in [-0.25, -0.2) is 0 Å². The molecule has 4 nitrogen and oxygen atoms in total. The molecule has 24 heavy (non-hydrogen) atoms. The van der Waals surface area contributed by atoms with E-state index in [4.69, 9.17) is 23.2 Å². The van der Waals surface area contributed by atoms with Crippen LogP contribution in [0.2, 0.25) is 10.0 Å². The van der Waals surface area contributed by atoms with Crippen molar-refractivity contribution in [3.05, 3.63) is 85.8 Å². The van der Waals surface area contributed by atoms with Crippen LogP contribution in [0.15, 0.2) is 58.5 Å². The molecule has 1 N–H and O–H groups in total. The molecule has 0 amide bonds. The zero-order valence-corrected chi connectivity index (χ0v) is 14.8. The fraction of sp³-hybridized carbons (Fsp3) is 0.118. The largest absolute Gasteiger partial charge is 0.298 e. The van der Waals surface area contributed by atoms with E-state index in [2.05, 4.69) is 15.2 Å². The van der Waals surface area contributed by atoms with E-state index in [1.807, 2.05) is 36.4 Å². The second-order valence-electron chi connectivity index (χ2n) is 5.12. The van der Waals surface area contributed by atoms with Gasteiger partial charge in [-0.3, -0.25) is 9.78 Å². The summed E-state index contributed by atoms with van der Waals surface area (Å²) in [6.45, 7) is 0. The molecule has 0 aliphatic heterocycles. The lowest BCUT2D eigenvalue weighted by molar-refractivity contribution is 0.772. The number of aromatic nitrogens is 3. The third-order valence-electron chi connectivity index (χ3n) is 3.32. The van der Waals surface area contributed by atoms with Crippen molar-refractivity contribution in [2.45, 2.75) is 17.3 Å². The van der Waals surface area contributed by atoms with Crippen LogP contribution in [0.4, 0.5) is 0 Å². The van der Waals surface area contributed by atoms with Crippen LogP contribution < -0.4 is 5.56 Å². The first-order valence-electron chi connectivity index (χ1n) is 7.18. The summed E-state index contributed by atoms with van der Waals surface area (Å²) in [6.07, 6.45) is 0.418. The van der Waals surface area contributed by atoms with Gasteiger partial charge in [0.05, 0.1) is 0 Å². The maximum Gasteiger partial charge on any atom is 0.273 e. The van der Waals surface area contributed by atoms with Gasteiger partial charge < -0.3 is 0 Å². The predicted octanol–water partition coefficient (Wildman–Crippen LogP) is 4.35. The Balaban J connectivity index is 1.66. The van der Waals surface area contributed by atoms with Crippen molar-refractivity contribution in [3.63, 3.8) is 0 Å². The lowest BCUT2D eigenvalue weighted by Crippen LogP contribution is -2.17. The first-order valence-corrected chi connectivity index (χ1v) is 8.92. The van der Waals surface area contributed by atoms with E-state index in [1.165, 1.54) is 11.8 Å². The highest BCUT2D eigenvalue weighted by Crippen LogP contribution is 2.19. The summed E-state index contributed by atoms with van der Waals surface area (Å²) in [6, 6.07) is 14.9. The van der Waals surface area contributed by atoms with Crippen molar-refractivity contribution in [3.8, 4) is 0 Å². The van der Waals surface area contributed by atoms with Gasteiger partial charge in [0.2, 0.25) is 0 Å². The average molecular weight is 378 g/mol. The van der Waals surface area contributed by atoms with Crippen LogP contribution in [0.5, 0.6) is 0 Å². The summed E-state index contributed by atoms with van der Waals surface area (Å²) in [5.74, 6) is 0.679. The second-order valence-corrected chi connectivity index (χ2v) is 6.96. The van der Waals surface area contributed by atoms with Gasteiger partial charge in [-0.1, -0.05) is 59.2 Å². The maximum absolute atomic E-state index is 12.2. The molecule has 0 spiro atoms. The number of rotatable bonds is 5. The average Bonchev–Trinajstić information content (AvgIpc) is 2.58. The summed E-state index contributed by atoms with van der Waals surface area (Å²) in [4.78, 5) is 14.9. The molecule has 0 radical (unpaired) electrons. The molecule has 0 saturated carbocycles. The Morgan fingerprint density at radius 1 is 0.875 bits per heavy atom. The Labute approximate surface area is 153 Å². The van der Waals surface area contributed by atoms with E-state index in [-0.39, 0.29) is 5.56 Å². The van der Waals surface area contributed by atoms with Crippen molar-refractivity contribution in [2.75, 3.05) is 0 Å². The molecule has 0 saturated heterocycles. The van der Waals surface area contributed by atoms with Gasteiger partial charge in [0.25, 0.3) is 5.56 Å². The molecule has 2 aromatic carbocycles. The van der Waals surface area contributed by atoms with E-state index in [0.717, 1.165) is 11.1 Å². The third kappa shape index (κ3) is 4.60. The van der Waals surface area contributed by atoms with Crippen LogP contribution in [0.3, 0.4) is 0 Å². The zero-order chi connectivity index (χ0) is 16.9. The highest BCUT2D eigenvalue weighted by atomic mass is 35.5. The van der Waals surface area contributed by atoms with Crippen LogP contribution in [-0.2, 0) is 12.2 Å². The van der Waals surface area contributed by atoms with Gasteiger partial charge in [-0.05, 0) is 35.4 Å². The van der Waals surface area contributed by atoms with Gasteiger partial charge in [-0.2, -0.15) is 0 Å². The molecule has 0 atom stereocenters. The molecule has 0 fully saturated rings. The Bertz CT molecular complexity index is 880. The summed E-state index contributed by atoms with van der Waals surface area (Å²) in [5.41, 5.74) is 2.21. The molecular formula is C17H13Cl2N3OS. The molecule has 1 aromatic heterocycles. The Morgan fingerprint density at radius 2 is 1.46 bits per heavy atom. The van der Waals surface area contributed by atoms with E-state index in [9.17, 15) is 4.79 Å². The molecular weight excluding hydrogens is 365 g/mol. The monoisotopic (exact) mass is 377 g/mol. The third-order valence-corrected chi connectivity index (χ3v) is 4.76. The maximum atomic E-state index is 12.2. The lowest BCUT2D eigenvalue weighted by Gasteiger charge is -2.03. The highest BCUT2D eigenvalue weighted by Gasteiger charge is 2.07. The normalized spacial score (nSPS) is 10.8. The number of hydrogen-bond donors (Lipinski definition) is 1. The predicted molar refractivity (Wildman–Crippen MR) is 97.9 cm³/mol. The molecule has 3 rings (SSSR count). The molecule has 0 bridgehead atoms. The summed E-state index contributed by atoms with van der Waals surface area (Å²) >= 11 is 13.1. The van der Waals surface area contributed by atoms with E-state index in [0.29, 0.717) is 33.1 Å². The summed E-state index contributed by atoms with van der Waals surface area (Å²) in [7, 11) is 0. The van der Waals surface area contributed by atoms with Crippen molar-refractivity contribution in [2.24, 2.45) is 0 Å². The van der Waals surface area contributed by atoms with Gasteiger partial charge in [0, 0.05) is 22.2 Å². The van der Waals surface area contributed by atoms with Crippen molar-refractivity contribution in [1.29, 1.82) is 0 Å².